The summed E-state index contributed by atoms with van der Waals surface area (Å²) in [7, 11) is -4.02. The summed E-state index contributed by atoms with van der Waals surface area (Å²) >= 11 is 6.02. The van der Waals surface area contributed by atoms with Gasteiger partial charge in [-0.1, -0.05) is 42.5 Å². The van der Waals surface area contributed by atoms with Crippen LogP contribution < -0.4 is 10.0 Å². The number of hydrogen-bond acceptors (Lipinski definition) is 4. The maximum absolute atomic E-state index is 12.9. The first-order valence-corrected chi connectivity index (χ1v) is 10.8. The van der Waals surface area contributed by atoms with E-state index in [0.717, 1.165) is 0 Å². The molecule has 1 amide bonds. The lowest BCUT2D eigenvalue weighted by Gasteiger charge is -2.14. The summed E-state index contributed by atoms with van der Waals surface area (Å²) in [5, 5.41) is 11.8. The highest BCUT2D eigenvalue weighted by Crippen LogP contribution is 2.26. The predicted molar refractivity (Wildman–Crippen MR) is 120 cm³/mol. The zero-order valence-corrected chi connectivity index (χ0v) is 17.6. The van der Waals surface area contributed by atoms with Gasteiger partial charge in [0.1, 0.15) is 0 Å². The Hall–Kier alpha value is -3.62. The number of sulfonamides is 1. The number of halogens is 1. The van der Waals surface area contributed by atoms with Gasteiger partial charge >= 0.3 is 5.97 Å². The molecular weight excluding hydrogens is 440 g/mol. The maximum Gasteiger partial charge on any atom is 0.335 e. The molecule has 3 N–H and O–H groups in total. The first-order valence-electron chi connectivity index (χ1n) is 8.90. The fourth-order valence-electron chi connectivity index (χ4n) is 2.78. The van der Waals surface area contributed by atoms with E-state index in [4.69, 9.17) is 16.7 Å². The molecule has 9 heteroatoms. The van der Waals surface area contributed by atoms with Gasteiger partial charge in [-0.25, -0.2) is 13.2 Å². The quantitative estimate of drug-likeness (QED) is 0.475. The molecule has 0 unspecified atom stereocenters. The number of carboxylic acid groups (broad SMARTS) is 1. The van der Waals surface area contributed by atoms with E-state index in [9.17, 15) is 18.0 Å². The number of rotatable bonds is 7. The summed E-state index contributed by atoms with van der Waals surface area (Å²) in [5.74, 6) is -1.72. The highest BCUT2D eigenvalue weighted by Gasteiger charge is 2.21. The summed E-state index contributed by atoms with van der Waals surface area (Å²) in [5.41, 5.74) is 0.835. The number of hydrogen-bond donors (Lipinski definition) is 3. The zero-order valence-electron chi connectivity index (χ0n) is 16.0. The highest BCUT2D eigenvalue weighted by atomic mass is 35.5. The van der Waals surface area contributed by atoms with Crippen molar-refractivity contribution in [2.45, 2.75) is 4.90 Å². The van der Waals surface area contributed by atoms with Crippen LogP contribution in [0.1, 0.15) is 26.3 Å². The number of anilines is 2. The molecule has 0 fully saturated rings. The molecule has 31 heavy (non-hydrogen) atoms. The van der Waals surface area contributed by atoms with Crippen molar-refractivity contribution in [3.05, 3.63) is 95.0 Å². The second-order valence-corrected chi connectivity index (χ2v) is 8.46. The molecule has 0 spiro atoms. The zero-order chi connectivity index (χ0) is 22.6. The van der Waals surface area contributed by atoms with Crippen LogP contribution in [0.4, 0.5) is 11.4 Å². The normalized spacial score (nSPS) is 10.9. The smallest absolute Gasteiger partial charge is 0.335 e. The lowest BCUT2D eigenvalue weighted by atomic mass is 10.1. The van der Waals surface area contributed by atoms with Crippen LogP contribution >= 0.6 is 11.6 Å². The molecule has 0 aliphatic carbocycles. The second-order valence-electron chi connectivity index (χ2n) is 6.37. The standard InChI is InChI=1S/C22H17ClN2O5S/c1-2-14-5-3-4-6-20(14)31(29,30)25-19-12-9-16(23)13-18(19)21(26)24-17-10-7-15(8-11-17)22(27)28/h2-13,25H,1H2,(H,24,26)(H,27,28). The molecule has 3 rings (SSSR count). The van der Waals surface area contributed by atoms with Crippen LogP contribution in [0.3, 0.4) is 0 Å². The molecule has 3 aromatic carbocycles. The minimum Gasteiger partial charge on any atom is -0.478 e. The first kappa shape index (κ1) is 22.1. The van der Waals surface area contributed by atoms with Crippen molar-refractivity contribution in [3.8, 4) is 0 Å². The number of benzene rings is 3. The van der Waals surface area contributed by atoms with Gasteiger partial charge in [-0.2, -0.15) is 0 Å². The Bertz CT molecular complexity index is 1270. The van der Waals surface area contributed by atoms with Gasteiger partial charge < -0.3 is 10.4 Å². The van der Waals surface area contributed by atoms with Crippen molar-refractivity contribution in [3.63, 3.8) is 0 Å². The molecule has 0 saturated carbocycles. The number of nitrogens with one attached hydrogen (secondary N) is 2. The van der Waals surface area contributed by atoms with Crippen LogP contribution in [0.25, 0.3) is 6.08 Å². The molecule has 0 bridgehead atoms. The third-order valence-electron chi connectivity index (χ3n) is 4.29. The van der Waals surface area contributed by atoms with Gasteiger partial charge in [0.2, 0.25) is 0 Å². The van der Waals surface area contributed by atoms with E-state index in [0.29, 0.717) is 11.3 Å². The lowest BCUT2D eigenvalue weighted by molar-refractivity contribution is 0.0696. The molecule has 158 valence electrons. The van der Waals surface area contributed by atoms with Gasteiger partial charge in [0.15, 0.2) is 0 Å². The number of aromatic carboxylic acids is 1. The minimum atomic E-state index is -4.02. The van der Waals surface area contributed by atoms with Crippen LogP contribution in [0.15, 0.2) is 78.2 Å². The van der Waals surface area contributed by atoms with Crippen molar-refractivity contribution in [1.82, 2.24) is 0 Å². The highest BCUT2D eigenvalue weighted by molar-refractivity contribution is 7.92. The van der Waals surface area contributed by atoms with E-state index in [1.54, 1.807) is 18.2 Å². The Morgan fingerprint density at radius 1 is 1.00 bits per heavy atom. The Morgan fingerprint density at radius 3 is 2.32 bits per heavy atom. The number of carboxylic acids is 1. The van der Waals surface area contributed by atoms with Crippen LogP contribution in [-0.2, 0) is 10.0 Å². The average molecular weight is 457 g/mol. The van der Waals surface area contributed by atoms with E-state index in [1.165, 1.54) is 54.6 Å². The average Bonchev–Trinajstić information content (AvgIpc) is 2.75. The van der Waals surface area contributed by atoms with Gasteiger partial charge in [-0.3, -0.25) is 9.52 Å². The third-order valence-corrected chi connectivity index (χ3v) is 5.96. The second kappa shape index (κ2) is 9.03. The van der Waals surface area contributed by atoms with E-state index in [-0.39, 0.29) is 26.7 Å². The fraction of sp³-hybridized carbons (Fsp3) is 0. The number of amides is 1. The Morgan fingerprint density at radius 2 is 1.68 bits per heavy atom. The molecular formula is C22H17ClN2O5S. The summed E-state index contributed by atoms with van der Waals surface area (Å²) in [6.07, 6.45) is 1.42. The lowest BCUT2D eigenvalue weighted by Crippen LogP contribution is -2.19. The third kappa shape index (κ3) is 5.11. The predicted octanol–water partition coefficient (Wildman–Crippen LogP) is 4.73. The van der Waals surface area contributed by atoms with Crippen LogP contribution in [-0.4, -0.2) is 25.4 Å². The van der Waals surface area contributed by atoms with Gasteiger partial charge in [0, 0.05) is 10.7 Å². The van der Waals surface area contributed by atoms with Crippen LogP contribution in [0.2, 0.25) is 5.02 Å². The molecule has 7 nitrogen and oxygen atoms in total. The number of carbonyl (C=O) groups is 2. The van der Waals surface area contributed by atoms with Gasteiger partial charge in [0.25, 0.3) is 15.9 Å². The summed E-state index contributed by atoms with van der Waals surface area (Å²) in [6.45, 7) is 3.62. The van der Waals surface area contributed by atoms with Crippen molar-refractivity contribution >= 4 is 51.0 Å². The Balaban J connectivity index is 1.92. The van der Waals surface area contributed by atoms with Crippen molar-refractivity contribution < 1.29 is 23.1 Å². The maximum atomic E-state index is 12.9. The first-order chi connectivity index (χ1) is 14.7. The van der Waals surface area contributed by atoms with Gasteiger partial charge in [0.05, 0.1) is 21.7 Å². The van der Waals surface area contributed by atoms with E-state index >= 15 is 0 Å². The molecule has 3 aromatic rings. The number of carbonyl (C=O) groups excluding carboxylic acids is 1. The fourth-order valence-corrected chi connectivity index (χ4v) is 4.25. The molecule has 0 radical (unpaired) electrons. The van der Waals surface area contributed by atoms with Crippen molar-refractivity contribution in [2.24, 2.45) is 0 Å². The van der Waals surface area contributed by atoms with E-state index in [2.05, 4.69) is 16.6 Å². The van der Waals surface area contributed by atoms with Crippen molar-refractivity contribution in [2.75, 3.05) is 10.0 Å². The molecule has 0 aliphatic heterocycles. The van der Waals surface area contributed by atoms with Crippen molar-refractivity contribution in [1.29, 1.82) is 0 Å². The SMILES string of the molecule is C=Cc1ccccc1S(=O)(=O)Nc1ccc(Cl)cc1C(=O)Nc1ccc(C(=O)O)cc1. The molecule has 0 aliphatic rings. The Kier molecular flexibility index (Phi) is 6.43. The van der Waals surface area contributed by atoms with Gasteiger partial charge in [-0.05, 0) is 54.1 Å². The molecule has 0 aromatic heterocycles. The van der Waals surface area contributed by atoms with Crippen LogP contribution in [0.5, 0.6) is 0 Å². The molecule has 0 atom stereocenters. The molecule has 0 saturated heterocycles. The van der Waals surface area contributed by atoms with E-state index in [1.807, 2.05) is 0 Å². The largest absolute Gasteiger partial charge is 0.478 e. The minimum absolute atomic E-state index is 0.00512. The molecule has 0 heterocycles. The topological polar surface area (TPSA) is 113 Å². The Labute approximate surface area is 184 Å². The van der Waals surface area contributed by atoms with Crippen LogP contribution in [0, 0.1) is 0 Å². The van der Waals surface area contributed by atoms with E-state index < -0.39 is 21.9 Å². The summed E-state index contributed by atoms with van der Waals surface area (Å²) < 4.78 is 28.3. The van der Waals surface area contributed by atoms with Gasteiger partial charge in [-0.15, -0.1) is 0 Å². The summed E-state index contributed by atoms with van der Waals surface area (Å²) in [4.78, 5) is 23.8. The monoisotopic (exact) mass is 456 g/mol. The summed E-state index contributed by atoms with van der Waals surface area (Å²) in [6, 6.07) is 16.0.